The number of aromatic nitrogens is 5. The molecule has 1 amide bonds. The molecule has 9 heteroatoms. The molecule has 2 aromatic carbocycles. The van der Waals surface area contributed by atoms with Gasteiger partial charge in [-0.1, -0.05) is 11.3 Å². The molecule has 36 heavy (non-hydrogen) atoms. The average molecular weight is 487 g/mol. The van der Waals surface area contributed by atoms with E-state index in [-0.39, 0.29) is 11.9 Å². The normalized spacial score (nSPS) is 19.7. The van der Waals surface area contributed by atoms with Crippen molar-refractivity contribution < 1.29 is 13.6 Å². The van der Waals surface area contributed by atoms with E-state index in [0.29, 0.717) is 24.9 Å². The van der Waals surface area contributed by atoms with Gasteiger partial charge in [-0.3, -0.25) is 4.79 Å². The van der Waals surface area contributed by atoms with E-state index in [9.17, 15) is 13.6 Å². The number of anilines is 1. The average Bonchev–Trinajstić information content (AvgIpc) is 3.55. The monoisotopic (exact) mass is 486 g/mol. The first-order valence-electron chi connectivity index (χ1n) is 12.0. The second-order valence-corrected chi connectivity index (χ2v) is 9.36. The zero-order valence-electron chi connectivity index (χ0n) is 20.0. The van der Waals surface area contributed by atoms with Crippen molar-refractivity contribution in [1.82, 2.24) is 24.5 Å². The van der Waals surface area contributed by atoms with Crippen LogP contribution in [-0.4, -0.2) is 30.5 Å². The van der Waals surface area contributed by atoms with Crippen LogP contribution in [0.25, 0.3) is 22.3 Å². The summed E-state index contributed by atoms with van der Waals surface area (Å²) in [7, 11) is 1.86. The van der Waals surface area contributed by atoms with Gasteiger partial charge in [-0.05, 0) is 44.0 Å². The molecule has 0 radical (unpaired) electrons. The van der Waals surface area contributed by atoms with Crippen molar-refractivity contribution in [3.63, 3.8) is 0 Å². The van der Waals surface area contributed by atoms with Crippen molar-refractivity contribution in [2.24, 2.45) is 7.05 Å². The van der Waals surface area contributed by atoms with Gasteiger partial charge in [0.1, 0.15) is 5.82 Å². The summed E-state index contributed by atoms with van der Waals surface area (Å²) in [6.45, 7) is 1.92. The van der Waals surface area contributed by atoms with E-state index < -0.39 is 17.7 Å². The van der Waals surface area contributed by atoms with E-state index in [1.807, 2.05) is 32.2 Å². The summed E-state index contributed by atoms with van der Waals surface area (Å²) in [6, 6.07) is 9.42. The van der Waals surface area contributed by atoms with Crippen LogP contribution in [0.1, 0.15) is 55.7 Å². The Hall–Kier alpha value is -4.06. The fourth-order valence-corrected chi connectivity index (χ4v) is 5.47. The molecular weight excluding hydrogens is 462 g/mol. The number of benzene rings is 2. The zero-order valence-corrected chi connectivity index (χ0v) is 20.0. The molecule has 1 fully saturated rings. The lowest BCUT2D eigenvalue weighted by Crippen LogP contribution is -2.30. The van der Waals surface area contributed by atoms with Crippen LogP contribution >= 0.6 is 0 Å². The number of carbonyl (C=O) groups excluding carboxylic acids is 1. The molecule has 182 valence electrons. The molecule has 0 saturated carbocycles. The quantitative estimate of drug-likeness (QED) is 0.380. The lowest BCUT2D eigenvalue weighted by molar-refractivity contribution is -0.117. The summed E-state index contributed by atoms with van der Waals surface area (Å²) in [4.78, 5) is 19.6. The minimum atomic E-state index is -0.980. The number of hydrogen-bond acceptors (Lipinski definition) is 4. The number of rotatable bonds is 4. The summed E-state index contributed by atoms with van der Waals surface area (Å²) in [5.41, 5.74) is 4.78. The molecule has 0 spiro atoms. The number of imidazole rings is 1. The lowest BCUT2D eigenvalue weighted by Gasteiger charge is -2.28. The number of hydrogen-bond donors (Lipinski definition) is 0. The van der Waals surface area contributed by atoms with Gasteiger partial charge in [0.25, 0.3) is 0 Å². The topological polar surface area (TPSA) is 68.8 Å². The number of carbonyl (C=O) groups is 1. The van der Waals surface area contributed by atoms with Crippen LogP contribution in [0.5, 0.6) is 0 Å². The molecule has 0 bridgehead atoms. The molecule has 4 aromatic rings. The Morgan fingerprint density at radius 2 is 1.92 bits per heavy atom. The third kappa shape index (κ3) is 3.56. The molecule has 3 heterocycles. The van der Waals surface area contributed by atoms with Crippen molar-refractivity contribution in [2.75, 3.05) is 4.90 Å². The molecular formula is C27H24F2N6O. The summed E-state index contributed by atoms with van der Waals surface area (Å²) < 4.78 is 31.7. The summed E-state index contributed by atoms with van der Waals surface area (Å²) in [6.07, 6.45) is 3.21. The third-order valence-electron chi connectivity index (χ3n) is 7.11. The van der Waals surface area contributed by atoms with E-state index in [2.05, 4.69) is 26.7 Å². The predicted molar refractivity (Wildman–Crippen MR) is 131 cm³/mol. The van der Waals surface area contributed by atoms with Crippen LogP contribution in [0.3, 0.4) is 0 Å². The molecule has 1 aliphatic carbocycles. The number of fused-ring (bicyclic) bond motifs is 1. The maximum absolute atomic E-state index is 14.1. The Labute approximate surface area is 206 Å². The van der Waals surface area contributed by atoms with Gasteiger partial charge in [0.05, 0.1) is 28.5 Å². The number of amides is 1. The maximum atomic E-state index is 14.1. The Bertz CT molecular complexity index is 1560. The standard InChI is InChI=1S/C27H24F2N6O/c1-16-26(33(2)32-31-16)17-8-11-23-22(14-17)30-27(35(23)18-6-4-3-5-7-18)24-12-13-25(36)34(24)19-9-10-20(28)21(29)15-19/h8-11,14-15,18,24H,4,6-7,12-13H2,1-2H3/t18-,24+/m1/s1. The molecule has 2 aliphatic rings. The van der Waals surface area contributed by atoms with Crippen LogP contribution < -0.4 is 4.90 Å². The molecule has 1 aliphatic heterocycles. The van der Waals surface area contributed by atoms with E-state index in [1.165, 1.54) is 6.07 Å². The maximum Gasteiger partial charge on any atom is 0.227 e. The number of halogens is 2. The Kier molecular flexibility index (Phi) is 5.32. The van der Waals surface area contributed by atoms with Gasteiger partial charge < -0.3 is 9.47 Å². The highest BCUT2D eigenvalue weighted by Gasteiger charge is 2.38. The minimum Gasteiger partial charge on any atom is -0.322 e. The van der Waals surface area contributed by atoms with Crippen molar-refractivity contribution >= 4 is 22.6 Å². The first-order chi connectivity index (χ1) is 17.4. The third-order valence-corrected chi connectivity index (χ3v) is 7.11. The van der Waals surface area contributed by atoms with E-state index in [4.69, 9.17) is 4.98 Å². The molecule has 6 rings (SSSR count). The van der Waals surface area contributed by atoms with Gasteiger partial charge in [-0.2, -0.15) is 0 Å². The zero-order chi connectivity index (χ0) is 25.0. The first-order valence-corrected chi connectivity index (χ1v) is 12.0. The summed E-state index contributed by atoms with van der Waals surface area (Å²) >= 11 is 0. The molecule has 2 aromatic heterocycles. The van der Waals surface area contributed by atoms with Crippen LogP contribution in [0.4, 0.5) is 14.5 Å². The SMILES string of the molecule is Cc1nnn(C)c1-c1ccc2c(c1)nc([C@@H]1CCC(=O)N1c1ccc(F)c(F)c1)n2[C@H]1CC#CCC1. The van der Waals surface area contributed by atoms with Crippen molar-refractivity contribution in [3.8, 4) is 23.1 Å². The summed E-state index contributed by atoms with van der Waals surface area (Å²) in [5.74, 6) is 5.08. The van der Waals surface area contributed by atoms with Gasteiger partial charge in [0, 0.05) is 49.7 Å². The molecule has 0 unspecified atom stereocenters. The van der Waals surface area contributed by atoms with Crippen LogP contribution in [0.15, 0.2) is 36.4 Å². The van der Waals surface area contributed by atoms with Gasteiger partial charge in [-0.15, -0.1) is 16.9 Å². The highest BCUT2D eigenvalue weighted by molar-refractivity contribution is 5.96. The van der Waals surface area contributed by atoms with Crippen molar-refractivity contribution in [3.05, 3.63) is 59.6 Å². The van der Waals surface area contributed by atoms with Crippen LogP contribution in [-0.2, 0) is 11.8 Å². The Balaban J connectivity index is 1.52. The minimum absolute atomic E-state index is 0.111. The second kappa shape index (κ2) is 8.55. The highest BCUT2D eigenvalue weighted by Crippen LogP contribution is 2.41. The van der Waals surface area contributed by atoms with Gasteiger partial charge >= 0.3 is 0 Å². The Morgan fingerprint density at radius 3 is 2.64 bits per heavy atom. The van der Waals surface area contributed by atoms with E-state index >= 15 is 0 Å². The van der Waals surface area contributed by atoms with Crippen LogP contribution in [0, 0.1) is 30.4 Å². The highest BCUT2D eigenvalue weighted by atomic mass is 19.2. The van der Waals surface area contributed by atoms with E-state index in [0.717, 1.165) is 58.8 Å². The van der Waals surface area contributed by atoms with E-state index in [1.54, 1.807) is 9.58 Å². The van der Waals surface area contributed by atoms with Gasteiger partial charge in [0.15, 0.2) is 11.6 Å². The Morgan fingerprint density at radius 1 is 1.06 bits per heavy atom. The fourth-order valence-electron chi connectivity index (χ4n) is 5.47. The first kappa shape index (κ1) is 22.4. The summed E-state index contributed by atoms with van der Waals surface area (Å²) in [5, 5.41) is 8.29. The lowest BCUT2D eigenvalue weighted by atomic mass is 10.0. The van der Waals surface area contributed by atoms with Crippen LogP contribution in [0.2, 0.25) is 0 Å². The molecule has 0 N–H and O–H groups in total. The number of nitrogens with zero attached hydrogens (tertiary/aromatic N) is 6. The van der Waals surface area contributed by atoms with Gasteiger partial charge in [0.2, 0.25) is 5.91 Å². The van der Waals surface area contributed by atoms with Crippen molar-refractivity contribution in [1.29, 1.82) is 0 Å². The largest absolute Gasteiger partial charge is 0.322 e. The predicted octanol–water partition coefficient (Wildman–Crippen LogP) is 5.01. The number of aryl methyl sites for hydroxylation is 2. The molecule has 2 atom stereocenters. The van der Waals surface area contributed by atoms with Gasteiger partial charge in [-0.25, -0.2) is 18.4 Å². The smallest absolute Gasteiger partial charge is 0.227 e. The van der Waals surface area contributed by atoms with Crippen molar-refractivity contribution in [2.45, 2.75) is 51.1 Å². The fraction of sp³-hybridized carbons (Fsp3) is 0.333. The molecule has 7 nitrogen and oxygen atoms in total. The second-order valence-electron chi connectivity index (χ2n) is 9.36. The molecule has 1 saturated heterocycles.